The van der Waals surface area contributed by atoms with Crippen molar-refractivity contribution in [2.75, 3.05) is 5.32 Å². The van der Waals surface area contributed by atoms with Crippen LogP contribution in [-0.4, -0.2) is 15.9 Å². The molecule has 0 atom stereocenters. The van der Waals surface area contributed by atoms with Crippen LogP contribution >= 0.6 is 11.3 Å². The Balaban J connectivity index is 1.95. The summed E-state index contributed by atoms with van der Waals surface area (Å²) in [5.74, 6) is 0.480. The molecule has 0 bridgehead atoms. The second kappa shape index (κ2) is 4.85. The molecule has 4 nitrogen and oxygen atoms in total. The van der Waals surface area contributed by atoms with Crippen LogP contribution in [0, 0.1) is 6.92 Å². The van der Waals surface area contributed by atoms with Crippen LogP contribution < -0.4 is 5.32 Å². The van der Waals surface area contributed by atoms with E-state index in [0.717, 1.165) is 10.7 Å². The van der Waals surface area contributed by atoms with Gasteiger partial charge in [0.1, 0.15) is 10.8 Å². The highest BCUT2D eigenvalue weighted by molar-refractivity contribution is 7.09. The molecular formula is C11H11N3OS. The summed E-state index contributed by atoms with van der Waals surface area (Å²) in [6.45, 7) is 1.91. The number of nitrogens with one attached hydrogen (secondary N) is 1. The lowest BCUT2D eigenvalue weighted by Gasteiger charge is -2.01. The number of rotatable bonds is 3. The zero-order valence-electron chi connectivity index (χ0n) is 8.80. The number of pyridine rings is 1. The van der Waals surface area contributed by atoms with E-state index in [1.54, 1.807) is 18.3 Å². The summed E-state index contributed by atoms with van der Waals surface area (Å²) < 4.78 is 0. The Morgan fingerprint density at radius 3 is 3.00 bits per heavy atom. The third-order valence-electron chi connectivity index (χ3n) is 1.91. The number of hydrogen-bond donors (Lipinski definition) is 1. The molecule has 1 N–H and O–H groups in total. The third-order valence-corrected chi connectivity index (χ3v) is 2.88. The Labute approximate surface area is 97.4 Å². The van der Waals surface area contributed by atoms with Crippen molar-refractivity contribution in [3.63, 3.8) is 0 Å². The summed E-state index contributed by atoms with van der Waals surface area (Å²) in [6.07, 6.45) is 1.94. The van der Waals surface area contributed by atoms with Gasteiger partial charge >= 0.3 is 0 Å². The fourth-order valence-electron chi connectivity index (χ4n) is 1.24. The van der Waals surface area contributed by atoms with E-state index in [2.05, 4.69) is 15.3 Å². The van der Waals surface area contributed by atoms with E-state index in [1.807, 2.05) is 18.4 Å². The van der Waals surface area contributed by atoms with Crippen molar-refractivity contribution in [2.24, 2.45) is 0 Å². The topological polar surface area (TPSA) is 54.9 Å². The van der Waals surface area contributed by atoms with E-state index in [4.69, 9.17) is 0 Å². The summed E-state index contributed by atoms with van der Waals surface area (Å²) in [5.41, 5.74) is 0.950. The summed E-state index contributed by atoms with van der Waals surface area (Å²) in [4.78, 5) is 19.9. The molecule has 0 saturated heterocycles. The number of aryl methyl sites for hydroxylation is 1. The molecule has 2 heterocycles. The Kier molecular flexibility index (Phi) is 3.26. The predicted octanol–water partition coefficient (Wildman–Crippen LogP) is 2.03. The van der Waals surface area contributed by atoms with Crippen molar-refractivity contribution in [3.8, 4) is 0 Å². The van der Waals surface area contributed by atoms with Gasteiger partial charge < -0.3 is 5.32 Å². The van der Waals surface area contributed by atoms with E-state index in [-0.39, 0.29) is 5.91 Å². The van der Waals surface area contributed by atoms with Gasteiger partial charge in [-0.1, -0.05) is 6.07 Å². The number of aromatic nitrogens is 2. The first-order valence-corrected chi connectivity index (χ1v) is 5.74. The molecule has 0 aliphatic carbocycles. The lowest BCUT2D eigenvalue weighted by Crippen LogP contribution is -2.15. The predicted molar refractivity (Wildman–Crippen MR) is 63.4 cm³/mol. The lowest BCUT2D eigenvalue weighted by molar-refractivity contribution is -0.115. The van der Waals surface area contributed by atoms with Crippen LogP contribution in [0.15, 0.2) is 29.8 Å². The van der Waals surface area contributed by atoms with Crippen molar-refractivity contribution in [1.29, 1.82) is 0 Å². The van der Waals surface area contributed by atoms with Gasteiger partial charge in [-0.3, -0.25) is 4.79 Å². The number of nitrogens with zero attached hydrogens (tertiary/aromatic N) is 2. The molecule has 0 unspecified atom stereocenters. The maximum atomic E-state index is 11.6. The molecule has 82 valence electrons. The molecule has 0 aliphatic rings. The second-order valence-corrected chi connectivity index (χ2v) is 4.27. The summed E-state index contributed by atoms with van der Waals surface area (Å²) in [7, 11) is 0. The molecule has 2 aromatic rings. The molecule has 2 aromatic heterocycles. The van der Waals surface area contributed by atoms with E-state index in [1.165, 1.54) is 11.3 Å². The summed E-state index contributed by atoms with van der Waals surface area (Å²) in [5, 5.41) is 5.48. The van der Waals surface area contributed by atoms with Gasteiger partial charge in [-0.25, -0.2) is 9.97 Å². The smallest absolute Gasteiger partial charge is 0.232 e. The molecule has 0 fully saturated rings. The maximum Gasteiger partial charge on any atom is 0.232 e. The fraction of sp³-hybridized carbons (Fsp3) is 0.182. The van der Waals surface area contributed by atoms with Gasteiger partial charge in [-0.15, -0.1) is 11.3 Å². The largest absolute Gasteiger partial charge is 0.310 e. The van der Waals surface area contributed by atoms with Gasteiger partial charge in [-0.05, 0) is 19.1 Å². The molecule has 1 amide bonds. The zero-order chi connectivity index (χ0) is 11.4. The molecule has 2 rings (SSSR count). The van der Waals surface area contributed by atoms with Crippen LogP contribution in [0.25, 0.3) is 0 Å². The fourth-order valence-corrected chi connectivity index (χ4v) is 2.02. The van der Waals surface area contributed by atoms with Crippen LogP contribution in [0.5, 0.6) is 0 Å². The highest BCUT2D eigenvalue weighted by atomic mass is 32.1. The maximum absolute atomic E-state index is 11.6. The van der Waals surface area contributed by atoms with Crippen molar-refractivity contribution in [3.05, 3.63) is 40.5 Å². The summed E-state index contributed by atoms with van der Waals surface area (Å²) >= 11 is 1.50. The molecule has 0 aliphatic heterocycles. The van der Waals surface area contributed by atoms with Crippen LogP contribution in [0.2, 0.25) is 0 Å². The third kappa shape index (κ3) is 2.87. The van der Waals surface area contributed by atoms with Crippen LogP contribution in [-0.2, 0) is 11.2 Å². The normalized spacial score (nSPS) is 10.1. The molecule has 0 aromatic carbocycles. The van der Waals surface area contributed by atoms with Crippen molar-refractivity contribution in [2.45, 2.75) is 13.3 Å². The number of carbonyl (C=O) groups is 1. The standard InChI is InChI=1S/C11H11N3OS/c1-8-7-16-11(13-8)6-10(15)14-9-4-2-3-5-12-9/h2-5,7H,6H2,1H3,(H,12,14,15). The lowest BCUT2D eigenvalue weighted by atomic mass is 10.4. The van der Waals surface area contributed by atoms with E-state index >= 15 is 0 Å². The Morgan fingerprint density at radius 2 is 2.38 bits per heavy atom. The van der Waals surface area contributed by atoms with Gasteiger partial charge in [0.05, 0.1) is 6.42 Å². The second-order valence-electron chi connectivity index (χ2n) is 3.32. The van der Waals surface area contributed by atoms with Crippen LogP contribution in [0.1, 0.15) is 10.7 Å². The first kappa shape index (κ1) is 10.8. The minimum Gasteiger partial charge on any atom is -0.310 e. The Morgan fingerprint density at radius 1 is 1.50 bits per heavy atom. The molecule has 0 spiro atoms. The first-order valence-electron chi connectivity index (χ1n) is 4.86. The Bertz CT molecular complexity index is 481. The van der Waals surface area contributed by atoms with Crippen molar-refractivity contribution < 1.29 is 4.79 Å². The van der Waals surface area contributed by atoms with Crippen LogP contribution in [0.3, 0.4) is 0 Å². The molecule has 16 heavy (non-hydrogen) atoms. The highest BCUT2D eigenvalue weighted by Crippen LogP contribution is 2.10. The number of carbonyl (C=O) groups excluding carboxylic acids is 1. The van der Waals surface area contributed by atoms with Gasteiger partial charge in [0.25, 0.3) is 0 Å². The van der Waals surface area contributed by atoms with E-state index < -0.39 is 0 Å². The first-order chi connectivity index (χ1) is 7.74. The average Bonchev–Trinajstić information content (AvgIpc) is 2.65. The minimum atomic E-state index is -0.0898. The highest BCUT2D eigenvalue weighted by Gasteiger charge is 2.07. The average molecular weight is 233 g/mol. The van der Waals surface area contributed by atoms with Gasteiger partial charge in [0, 0.05) is 17.3 Å². The molecule has 0 radical (unpaired) electrons. The SMILES string of the molecule is Cc1csc(CC(=O)Nc2ccccn2)n1. The Hall–Kier alpha value is -1.75. The quantitative estimate of drug-likeness (QED) is 0.882. The minimum absolute atomic E-state index is 0.0898. The van der Waals surface area contributed by atoms with Gasteiger partial charge in [0.2, 0.25) is 5.91 Å². The van der Waals surface area contributed by atoms with E-state index in [9.17, 15) is 4.79 Å². The number of thiazole rings is 1. The van der Waals surface area contributed by atoms with Crippen molar-refractivity contribution in [1.82, 2.24) is 9.97 Å². The zero-order valence-corrected chi connectivity index (χ0v) is 9.62. The molecule has 5 heteroatoms. The molecule has 0 saturated carbocycles. The van der Waals surface area contributed by atoms with Crippen LogP contribution in [0.4, 0.5) is 5.82 Å². The van der Waals surface area contributed by atoms with Gasteiger partial charge in [-0.2, -0.15) is 0 Å². The number of hydrogen-bond acceptors (Lipinski definition) is 4. The molecular weight excluding hydrogens is 222 g/mol. The van der Waals surface area contributed by atoms with E-state index in [0.29, 0.717) is 12.2 Å². The van der Waals surface area contributed by atoms with Crippen molar-refractivity contribution >= 4 is 23.1 Å². The summed E-state index contributed by atoms with van der Waals surface area (Å²) in [6, 6.07) is 5.39. The van der Waals surface area contributed by atoms with Gasteiger partial charge in [0.15, 0.2) is 0 Å². The number of amides is 1. The monoisotopic (exact) mass is 233 g/mol. The number of anilines is 1.